The Balaban J connectivity index is 2.06. The Bertz CT molecular complexity index is 603. The second kappa shape index (κ2) is 6.21. The molecule has 98 valence electrons. The van der Waals surface area contributed by atoms with Gasteiger partial charge in [0, 0.05) is 6.54 Å². The second-order valence-electron chi connectivity index (χ2n) is 3.95. The third-order valence-electron chi connectivity index (χ3n) is 2.55. The van der Waals surface area contributed by atoms with E-state index < -0.39 is 0 Å². The summed E-state index contributed by atoms with van der Waals surface area (Å²) >= 11 is 6.03. The van der Waals surface area contributed by atoms with Crippen LogP contribution in [0.1, 0.15) is 24.7 Å². The van der Waals surface area contributed by atoms with Crippen molar-refractivity contribution in [3.8, 4) is 11.8 Å². The van der Waals surface area contributed by atoms with Gasteiger partial charge in [0.1, 0.15) is 18.7 Å². The van der Waals surface area contributed by atoms with E-state index in [0.29, 0.717) is 22.9 Å². The predicted octanol–water partition coefficient (Wildman–Crippen LogP) is 2.79. The number of hydrogen-bond donors (Lipinski definition) is 0. The van der Waals surface area contributed by atoms with E-state index in [9.17, 15) is 0 Å². The molecule has 0 aliphatic rings. The number of benzene rings is 1. The molecule has 2 rings (SSSR count). The maximum Gasteiger partial charge on any atom is 0.164 e. The smallest absolute Gasteiger partial charge is 0.164 e. The minimum absolute atomic E-state index is 0.297. The molecule has 0 aliphatic heterocycles. The highest BCUT2D eigenvalue weighted by Gasteiger charge is 2.07. The van der Waals surface area contributed by atoms with Gasteiger partial charge in [-0.1, -0.05) is 18.5 Å². The van der Waals surface area contributed by atoms with Gasteiger partial charge >= 0.3 is 0 Å². The molecule has 0 bridgehead atoms. The number of hydrogen-bond acceptors (Lipinski definition) is 4. The Morgan fingerprint density at radius 3 is 3.00 bits per heavy atom. The molecule has 1 aromatic carbocycles. The number of aromatic nitrogens is 3. The third-order valence-corrected chi connectivity index (χ3v) is 2.84. The van der Waals surface area contributed by atoms with Crippen molar-refractivity contribution in [3.05, 3.63) is 40.9 Å². The van der Waals surface area contributed by atoms with Crippen molar-refractivity contribution in [2.45, 2.75) is 26.5 Å². The highest BCUT2D eigenvalue weighted by Crippen LogP contribution is 2.25. The summed E-state index contributed by atoms with van der Waals surface area (Å²) in [5.74, 6) is 1.29. The molecule has 0 aliphatic carbocycles. The normalized spacial score (nSPS) is 10.2. The van der Waals surface area contributed by atoms with Crippen LogP contribution in [0.3, 0.4) is 0 Å². The Morgan fingerprint density at radius 2 is 2.32 bits per heavy atom. The summed E-state index contributed by atoms with van der Waals surface area (Å²) in [6.45, 7) is 3.18. The summed E-state index contributed by atoms with van der Waals surface area (Å²) in [4.78, 5) is 4.14. The second-order valence-corrected chi connectivity index (χ2v) is 4.35. The molecular weight excluding hydrogens is 264 g/mol. The van der Waals surface area contributed by atoms with E-state index in [0.717, 1.165) is 18.8 Å². The number of nitriles is 1. The highest BCUT2D eigenvalue weighted by molar-refractivity contribution is 6.32. The maximum atomic E-state index is 8.76. The molecule has 5 nitrogen and oxygen atoms in total. The lowest BCUT2D eigenvalue weighted by atomic mass is 10.2. The number of rotatable bonds is 5. The van der Waals surface area contributed by atoms with Gasteiger partial charge in [-0.05, 0) is 24.6 Å². The van der Waals surface area contributed by atoms with Crippen LogP contribution in [0.2, 0.25) is 5.02 Å². The molecule has 1 heterocycles. The lowest BCUT2D eigenvalue weighted by Gasteiger charge is -2.08. The Labute approximate surface area is 116 Å². The standard InChI is InChI=1S/C13H13ClN4O/c1-2-5-18-13(16-9-17-18)8-19-12-4-3-10(7-15)6-11(12)14/h3-4,6,9H,2,5,8H2,1H3. The number of aryl methyl sites for hydroxylation is 1. The molecule has 0 saturated carbocycles. The first kappa shape index (κ1) is 13.4. The first-order chi connectivity index (χ1) is 9.24. The lowest BCUT2D eigenvalue weighted by molar-refractivity contribution is 0.286. The molecule has 1 aromatic heterocycles. The quantitative estimate of drug-likeness (QED) is 0.842. The van der Waals surface area contributed by atoms with Gasteiger partial charge in [-0.25, -0.2) is 9.67 Å². The summed E-state index contributed by atoms with van der Waals surface area (Å²) < 4.78 is 7.41. The molecule has 0 radical (unpaired) electrons. The molecule has 2 aromatic rings. The fourth-order valence-corrected chi connectivity index (χ4v) is 1.86. The van der Waals surface area contributed by atoms with Crippen molar-refractivity contribution < 1.29 is 4.74 Å². The molecule has 0 unspecified atom stereocenters. The number of nitrogens with zero attached hydrogens (tertiary/aromatic N) is 4. The first-order valence-electron chi connectivity index (χ1n) is 5.93. The van der Waals surface area contributed by atoms with Crippen LogP contribution in [0.4, 0.5) is 0 Å². The van der Waals surface area contributed by atoms with Gasteiger partial charge in [-0.2, -0.15) is 10.4 Å². The van der Waals surface area contributed by atoms with Crippen molar-refractivity contribution in [2.24, 2.45) is 0 Å². The minimum atomic E-state index is 0.297. The fourth-order valence-electron chi connectivity index (χ4n) is 1.63. The Hall–Kier alpha value is -2.06. The van der Waals surface area contributed by atoms with Crippen molar-refractivity contribution in [2.75, 3.05) is 0 Å². The van der Waals surface area contributed by atoms with E-state index in [2.05, 4.69) is 17.0 Å². The van der Waals surface area contributed by atoms with Gasteiger partial charge < -0.3 is 4.74 Å². The zero-order valence-corrected chi connectivity index (χ0v) is 11.3. The van der Waals surface area contributed by atoms with Crippen LogP contribution >= 0.6 is 11.6 Å². The van der Waals surface area contributed by atoms with Gasteiger partial charge in [0.25, 0.3) is 0 Å². The van der Waals surface area contributed by atoms with Gasteiger partial charge in [0.05, 0.1) is 16.7 Å². The molecule has 0 saturated heterocycles. The number of halogens is 1. The molecule has 0 spiro atoms. The van der Waals surface area contributed by atoms with E-state index in [4.69, 9.17) is 21.6 Å². The van der Waals surface area contributed by atoms with Crippen molar-refractivity contribution in [3.63, 3.8) is 0 Å². The van der Waals surface area contributed by atoms with Crippen molar-refractivity contribution in [1.29, 1.82) is 5.26 Å². The average molecular weight is 277 g/mol. The zero-order chi connectivity index (χ0) is 13.7. The van der Waals surface area contributed by atoms with Crippen LogP contribution in [0.15, 0.2) is 24.5 Å². The molecule has 0 fully saturated rings. The van der Waals surface area contributed by atoms with Gasteiger partial charge in [-0.15, -0.1) is 0 Å². The Kier molecular flexibility index (Phi) is 4.37. The summed E-state index contributed by atoms with van der Waals surface area (Å²) in [7, 11) is 0. The van der Waals surface area contributed by atoms with Crippen molar-refractivity contribution >= 4 is 11.6 Å². The van der Waals surface area contributed by atoms with Crippen LogP contribution in [-0.2, 0) is 13.2 Å². The summed E-state index contributed by atoms with van der Waals surface area (Å²) in [6.07, 6.45) is 2.49. The van der Waals surface area contributed by atoms with Gasteiger partial charge in [-0.3, -0.25) is 0 Å². The average Bonchev–Trinajstić information content (AvgIpc) is 2.85. The van der Waals surface area contributed by atoms with Crippen molar-refractivity contribution in [1.82, 2.24) is 14.8 Å². The van der Waals surface area contributed by atoms with Crippen LogP contribution in [-0.4, -0.2) is 14.8 Å². The van der Waals surface area contributed by atoms with Crippen LogP contribution in [0, 0.1) is 11.3 Å². The van der Waals surface area contributed by atoms with E-state index in [1.165, 1.54) is 6.33 Å². The third kappa shape index (κ3) is 3.24. The van der Waals surface area contributed by atoms with Crippen LogP contribution in [0.25, 0.3) is 0 Å². The monoisotopic (exact) mass is 276 g/mol. The topological polar surface area (TPSA) is 63.7 Å². The maximum absolute atomic E-state index is 8.76. The van der Waals surface area contributed by atoms with Crippen LogP contribution < -0.4 is 4.74 Å². The predicted molar refractivity (Wildman–Crippen MR) is 70.8 cm³/mol. The van der Waals surface area contributed by atoms with E-state index in [-0.39, 0.29) is 0 Å². The van der Waals surface area contributed by atoms with Gasteiger partial charge in [0.2, 0.25) is 0 Å². The van der Waals surface area contributed by atoms with Gasteiger partial charge in [0.15, 0.2) is 5.82 Å². The highest BCUT2D eigenvalue weighted by atomic mass is 35.5. The molecule has 0 N–H and O–H groups in total. The first-order valence-corrected chi connectivity index (χ1v) is 6.31. The molecule has 19 heavy (non-hydrogen) atoms. The van der Waals surface area contributed by atoms with Crippen LogP contribution in [0.5, 0.6) is 5.75 Å². The zero-order valence-electron chi connectivity index (χ0n) is 10.5. The SMILES string of the molecule is CCCn1ncnc1COc1ccc(C#N)cc1Cl. The summed E-state index contributed by atoms with van der Waals surface area (Å²) in [5.41, 5.74) is 0.506. The lowest BCUT2D eigenvalue weighted by Crippen LogP contribution is -2.08. The molecule has 0 atom stereocenters. The molecule has 0 amide bonds. The van der Waals surface area contributed by atoms with E-state index in [1.807, 2.05) is 6.07 Å². The molecular formula is C13H13ClN4O. The Morgan fingerprint density at radius 1 is 1.47 bits per heavy atom. The summed E-state index contributed by atoms with van der Waals surface area (Å²) in [6, 6.07) is 6.95. The summed E-state index contributed by atoms with van der Waals surface area (Å²) in [5, 5.41) is 13.3. The largest absolute Gasteiger partial charge is 0.484 e. The molecule has 6 heteroatoms. The van der Waals surface area contributed by atoms with E-state index in [1.54, 1.807) is 22.9 Å². The van der Waals surface area contributed by atoms with E-state index >= 15 is 0 Å². The number of ether oxygens (including phenoxy) is 1. The minimum Gasteiger partial charge on any atom is -0.484 e. The fraction of sp³-hybridized carbons (Fsp3) is 0.308.